The number of methoxy groups -OCH3 is 1. The zero-order chi connectivity index (χ0) is 26.3. The highest BCUT2D eigenvalue weighted by atomic mass is 35.5. The quantitative estimate of drug-likeness (QED) is 0.429. The van der Waals surface area contributed by atoms with Gasteiger partial charge in [0.05, 0.1) is 13.7 Å². The second kappa shape index (κ2) is 12.3. The molecule has 3 aromatic rings. The molecule has 3 aliphatic heterocycles. The molecule has 1 aromatic heterocycles. The van der Waals surface area contributed by atoms with E-state index in [0.717, 1.165) is 61.2 Å². The Labute approximate surface area is 227 Å². The van der Waals surface area contributed by atoms with E-state index in [1.807, 2.05) is 36.4 Å². The van der Waals surface area contributed by atoms with Crippen LogP contribution >= 0.6 is 11.6 Å². The number of fused-ring (bicyclic) bond motifs is 8. The first-order valence-corrected chi connectivity index (χ1v) is 13.1. The number of carbonyl (C=O) groups is 1. The van der Waals surface area contributed by atoms with Crippen molar-refractivity contribution < 1.29 is 14.3 Å². The average Bonchev–Trinajstić information content (AvgIpc) is 2.92. The van der Waals surface area contributed by atoms with Crippen molar-refractivity contribution in [2.45, 2.75) is 13.0 Å². The molecular formula is C27H32ClN7O3. The van der Waals surface area contributed by atoms with Crippen molar-refractivity contribution in [3.05, 3.63) is 59.4 Å². The lowest BCUT2D eigenvalue weighted by atomic mass is 10.1. The van der Waals surface area contributed by atoms with Gasteiger partial charge in [0, 0.05) is 74.2 Å². The number of hydrogen-bond donors (Lipinski definition) is 3. The maximum Gasteiger partial charge on any atom is 0.221 e. The SMILES string of the molecule is COc1ccc2cc1OCCNC(=O)CCN1CCN(CC1)Cc1cc(ccc1Cl)Nc1cc(ncn1)N2. The summed E-state index contributed by atoms with van der Waals surface area (Å²) in [6, 6.07) is 13.3. The number of rotatable bonds is 1. The normalized spacial score (nSPS) is 20.3. The van der Waals surface area contributed by atoms with E-state index < -0.39 is 0 Å². The van der Waals surface area contributed by atoms with E-state index >= 15 is 0 Å². The molecule has 200 valence electrons. The minimum Gasteiger partial charge on any atom is -0.493 e. The van der Waals surface area contributed by atoms with E-state index in [1.54, 1.807) is 7.11 Å². The second-order valence-corrected chi connectivity index (χ2v) is 9.68. The highest BCUT2D eigenvalue weighted by Crippen LogP contribution is 2.32. The summed E-state index contributed by atoms with van der Waals surface area (Å²) in [6.45, 7) is 5.91. The standard InChI is InChI=1S/C27H32ClN7O3/c1-37-23-5-3-21-15-24(23)38-13-7-29-27(36)6-8-34-9-11-35(12-10-34)17-19-14-20(2-4-22(19)28)32-25-16-26(33-21)31-18-30-25/h2-5,14-16,18H,6-13,17H2,1H3,(H,29,36)(H2,30,31,32,33). The fourth-order valence-corrected chi connectivity index (χ4v) is 4.72. The number of nitrogens with one attached hydrogen (secondary N) is 3. The summed E-state index contributed by atoms with van der Waals surface area (Å²) in [7, 11) is 1.60. The third-order valence-electron chi connectivity index (χ3n) is 6.62. The number of ether oxygens (including phenoxy) is 2. The molecule has 6 rings (SSSR count). The van der Waals surface area contributed by atoms with Crippen LogP contribution in [0.2, 0.25) is 5.02 Å². The van der Waals surface area contributed by atoms with E-state index in [2.05, 4.69) is 41.8 Å². The monoisotopic (exact) mass is 537 g/mol. The number of halogens is 1. The van der Waals surface area contributed by atoms with Crippen LogP contribution in [-0.4, -0.2) is 78.7 Å². The van der Waals surface area contributed by atoms with Gasteiger partial charge in [-0.15, -0.1) is 0 Å². The molecule has 0 spiro atoms. The van der Waals surface area contributed by atoms with Gasteiger partial charge in [-0.05, 0) is 35.9 Å². The largest absolute Gasteiger partial charge is 0.493 e. The molecule has 1 saturated heterocycles. The summed E-state index contributed by atoms with van der Waals surface area (Å²) in [4.78, 5) is 25.8. The van der Waals surface area contributed by atoms with Crippen LogP contribution in [-0.2, 0) is 11.3 Å². The van der Waals surface area contributed by atoms with Gasteiger partial charge < -0.3 is 30.3 Å². The van der Waals surface area contributed by atoms with Crippen LogP contribution in [0.5, 0.6) is 11.5 Å². The predicted octanol–water partition coefficient (Wildman–Crippen LogP) is 3.64. The molecular weight excluding hydrogens is 506 g/mol. The maximum atomic E-state index is 12.4. The number of nitrogens with zero attached hydrogens (tertiary/aromatic N) is 4. The molecule has 0 radical (unpaired) electrons. The van der Waals surface area contributed by atoms with Crippen molar-refractivity contribution in [1.29, 1.82) is 0 Å². The molecule has 10 nitrogen and oxygen atoms in total. The van der Waals surface area contributed by atoms with E-state index in [4.69, 9.17) is 21.1 Å². The van der Waals surface area contributed by atoms with Crippen molar-refractivity contribution in [2.75, 3.05) is 63.6 Å². The highest BCUT2D eigenvalue weighted by Gasteiger charge is 2.19. The smallest absolute Gasteiger partial charge is 0.221 e. The van der Waals surface area contributed by atoms with Gasteiger partial charge in [0.1, 0.15) is 24.6 Å². The van der Waals surface area contributed by atoms with Crippen LogP contribution in [0.25, 0.3) is 0 Å². The molecule has 1 fully saturated rings. The Kier molecular flexibility index (Phi) is 8.42. The topological polar surface area (TPSA) is 104 Å². The van der Waals surface area contributed by atoms with Gasteiger partial charge in [-0.3, -0.25) is 9.69 Å². The first-order valence-electron chi connectivity index (χ1n) is 12.7. The second-order valence-electron chi connectivity index (χ2n) is 9.28. The Balaban J connectivity index is 1.38. The molecule has 0 atom stereocenters. The van der Waals surface area contributed by atoms with Gasteiger partial charge in [-0.2, -0.15) is 0 Å². The van der Waals surface area contributed by atoms with Crippen molar-refractivity contribution in [3.8, 4) is 11.5 Å². The van der Waals surface area contributed by atoms with E-state index in [-0.39, 0.29) is 5.91 Å². The Morgan fingerprint density at radius 3 is 2.39 bits per heavy atom. The summed E-state index contributed by atoms with van der Waals surface area (Å²) < 4.78 is 11.4. The summed E-state index contributed by atoms with van der Waals surface area (Å²) in [6.07, 6.45) is 1.97. The lowest BCUT2D eigenvalue weighted by molar-refractivity contribution is -0.121. The molecule has 38 heavy (non-hydrogen) atoms. The predicted molar refractivity (Wildman–Crippen MR) is 148 cm³/mol. The molecule has 2 aromatic carbocycles. The molecule has 3 N–H and O–H groups in total. The van der Waals surface area contributed by atoms with E-state index in [0.29, 0.717) is 42.7 Å². The molecule has 8 bridgehead atoms. The van der Waals surface area contributed by atoms with Crippen LogP contribution in [0.3, 0.4) is 0 Å². The molecule has 3 aliphatic rings. The van der Waals surface area contributed by atoms with Gasteiger partial charge in [0.25, 0.3) is 0 Å². The zero-order valence-electron chi connectivity index (χ0n) is 21.4. The van der Waals surface area contributed by atoms with Crippen LogP contribution in [0.4, 0.5) is 23.0 Å². The van der Waals surface area contributed by atoms with Crippen molar-refractivity contribution in [1.82, 2.24) is 25.1 Å². The first kappa shape index (κ1) is 26.0. The molecule has 4 heterocycles. The van der Waals surface area contributed by atoms with Crippen molar-refractivity contribution in [3.63, 3.8) is 0 Å². The zero-order valence-corrected chi connectivity index (χ0v) is 22.1. The Hall–Kier alpha value is -3.60. The summed E-state index contributed by atoms with van der Waals surface area (Å²) in [5.41, 5.74) is 2.73. The summed E-state index contributed by atoms with van der Waals surface area (Å²) in [5, 5.41) is 10.3. The van der Waals surface area contributed by atoms with E-state index in [1.165, 1.54) is 6.33 Å². The van der Waals surface area contributed by atoms with Gasteiger partial charge in [0.15, 0.2) is 11.5 Å². The Morgan fingerprint density at radius 1 is 0.921 bits per heavy atom. The number of anilines is 4. The minimum atomic E-state index is 0.0208. The highest BCUT2D eigenvalue weighted by molar-refractivity contribution is 6.31. The number of benzene rings is 2. The number of carbonyl (C=O) groups excluding carboxylic acids is 1. The molecule has 0 saturated carbocycles. The van der Waals surface area contributed by atoms with Gasteiger partial charge >= 0.3 is 0 Å². The maximum absolute atomic E-state index is 12.4. The van der Waals surface area contributed by atoms with E-state index in [9.17, 15) is 4.79 Å². The third-order valence-corrected chi connectivity index (χ3v) is 6.99. The number of hydrogen-bond acceptors (Lipinski definition) is 9. The number of piperazine rings is 1. The minimum absolute atomic E-state index is 0.0208. The van der Waals surface area contributed by atoms with Crippen LogP contribution < -0.4 is 25.4 Å². The average molecular weight is 538 g/mol. The Bertz CT molecular complexity index is 1270. The van der Waals surface area contributed by atoms with Crippen LogP contribution in [0.15, 0.2) is 48.8 Å². The lowest BCUT2D eigenvalue weighted by Gasteiger charge is -2.34. The van der Waals surface area contributed by atoms with Crippen LogP contribution in [0.1, 0.15) is 12.0 Å². The van der Waals surface area contributed by atoms with Crippen LogP contribution in [0, 0.1) is 0 Å². The van der Waals surface area contributed by atoms with Gasteiger partial charge in [-0.25, -0.2) is 9.97 Å². The van der Waals surface area contributed by atoms with Gasteiger partial charge in [-0.1, -0.05) is 11.6 Å². The summed E-state index contributed by atoms with van der Waals surface area (Å²) >= 11 is 6.55. The van der Waals surface area contributed by atoms with Crippen molar-refractivity contribution in [2.24, 2.45) is 0 Å². The molecule has 11 heteroatoms. The molecule has 0 unspecified atom stereocenters. The lowest BCUT2D eigenvalue weighted by Crippen LogP contribution is -2.46. The Morgan fingerprint density at radius 2 is 1.63 bits per heavy atom. The molecule has 1 amide bonds. The number of amides is 1. The fourth-order valence-electron chi connectivity index (χ4n) is 4.54. The molecule has 0 aliphatic carbocycles. The number of aromatic nitrogens is 2. The first-order chi connectivity index (χ1) is 18.6. The third kappa shape index (κ3) is 6.83. The van der Waals surface area contributed by atoms with Gasteiger partial charge in [0.2, 0.25) is 5.91 Å². The fraction of sp³-hybridized carbons (Fsp3) is 0.370. The van der Waals surface area contributed by atoms with Crippen molar-refractivity contribution >= 4 is 40.5 Å². The summed E-state index contributed by atoms with van der Waals surface area (Å²) in [5.74, 6) is 2.48.